The Morgan fingerprint density at radius 3 is 2.45 bits per heavy atom. The first-order valence-electron chi connectivity index (χ1n) is 9.53. The zero-order valence-electron chi connectivity index (χ0n) is 16.6. The Balaban J connectivity index is 1.41. The van der Waals surface area contributed by atoms with Crippen molar-refractivity contribution in [1.82, 2.24) is 5.43 Å². The van der Waals surface area contributed by atoms with Crippen LogP contribution in [0.2, 0.25) is 0 Å². The number of hydrazone groups is 1. The molecule has 0 bridgehead atoms. The van der Waals surface area contributed by atoms with Gasteiger partial charge in [-0.1, -0.05) is 35.9 Å². The van der Waals surface area contributed by atoms with E-state index in [9.17, 15) is 4.79 Å². The molecule has 29 heavy (non-hydrogen) atoms. The second-order valence-electron chi connectivity index (χ2n) is 7.15. The largest absolute Gasteiger partial charge is 0.497 e. The van der Waals surface area contributed by atoms with E-state index in [2.05, 4.69) is 27.6 Å². The van der Waals surface area contributed by atoms with E-state index in [0.29, 0.717) is 5.56 Å². The van der Waals surface area contributed by atoms with Crippen LogP contribution in [0.4, 0.5) is 5.69 Å². The molecule has 0 saturated carbocycles. The van der Waals surface area contributed by atoms with Gasteiger partial charge in [-0.15, -0.1) is 0 Å². The van der Waals surface area contributed by atoms with Crippen molar-refractivity contribution >= 4 is 17.8 Å². The first-order valence-corrected chi connectivity index (χ1v) is 9.53. The van der Waals surface area contributed by atoms with Crippen molar-refractivity contribution in [2.24, 2.45) is 5.10 Å². The van der Waals surface area contributed by atoms with Gasteiger partial charge in [-0.2, -0.15) is 5.10 Å². The first kappa shape index (κ1) is 18.7. The van der Waals surface area contributed by atoms with E-state index in [4.69, 9.17) is 4.74 Å². The minimum absolute atomic E-state index is 0.209. The van der Waals surface area contributed by atoms with Crippen molar-refractivity contribution in [1.29, 1.82) is 0 Å². The number of benzene rings is 3. The highest BCUT2D eigenvalue weighted by Gasteiger charge is 2.20. The number of fused-ring (bicyclic) bond motifs is 1. The van der Waals surface area contributed by atoms with Gasteiger partial charge in [0.1, 0.15) is 5.75 Å². The maximum atomic E-state index is 12.5. The summed E-state index contributed by atoms with van der Waals surface area (Å²) in [7, 11) is 1.66. The SMILES string of the molecule is COc1ccc(N2Cc3ccc(C(=O)N/N=C/c4ccc(C)cc4)cc3C2)cc1. The van der Waals surface area contributed by atoms with Gasteiger partial charge in [-0.3, -0.25) is 4.79 Å². The smallest absolute Gasteiger partial charge is 0.271 e. The highest BCUT2D eigenvalue weighted by molar-refractivity contribution is 5.95. The van der Waals surface area contributed by atoms with Crippen molar-refractivity contribution < 1.29 is 9.53 Å². The van der Waals surface area contributed by atoms with E-state index in [-0.39, 0.29) is 5.91 Å². The number of anilines is 1. The predicted molar refractivity (Wildman–Crippen MR) is 116 cm³/mol. The fraction of sp³-hybridized carbons (Fsp3) is 0.167. The van der Waals surface area contributed by atoms with Gasteiger partial charge in [-0.05, 0) is 60.0 Å². The number of amides is 1. The Bertz CT molecular complexity index is 1040. The summed E-state index contributed by atoms with van der Waals surface area (Å²) in [4.78, 5) is 14.7. The number of aryl methyl sites for hydroxylation is 1. The molecule has 3 aromatic carbocycles. The quantitative estimate of drug-likeness (QED) is 0.527. The van der Waals surface area contributed by atoms with Crippen LogP contribution in [0.3, 0.4) is 0 Å². The first-order chi connectivity index (χ1) is 14.1. The summed E-state index contributed by atoms with van der Waals surface area (Å²) in [6.07, 6.45) is 1.65. The van der Waals surface area contributed by atoms with Crippen LogP contribution in [-0.2, 0) is 13.1 Å². The van der Waals surface area contributed by atoms with Gasteiger partial charge in [0.05, 0.1) is 13.3 Å². The maximum absolute atomic E-state index is 12.5. The molecule has 4 rings (SSSR count). The average Bonchev–Trinajstić information content (AvgIpc) is 3.18. The number of carbonyl (C=O) groups excluding carboxylic acids is 1. The summed E-state index contributed by atoms with van der Waals surface area (Å²) >= 11 is 0. The van der Waals surface area contributed by atoms with Gasteiger partial charge in [0.15, 0.2) is 0 Å². The fourth-order valence-corrected chi connectivity index (χ4v) is 3.39. The molecule has 0 spiro atoms. The number of rotatable bonds is 5. The summed E-state index contributed by atoms with van der Waals surface area (Å²) in [6, 6.07) is 21.8. The zero-order chi connectivity index (χ0) is 20.2. The monoisotopic (exact) mass is 385 g/mol. The molecule has 5 nitrogen and oxygen atoms in total. The second-order valence-corrected chi connectivity index (χ2v) is 7.15. The van der Waals surface area contributed by atoms with Crippen molar-refractivity contribution in [3.05, 3.63) is 94.5 Å². The van der Waals surface area contributed by atoms with Crippen molar-refractivity contribution in [3.8, 4) is 5.75 Å². The van der Waals surface area contributed by atoms with E-state index in [1.54, 1.807) is 13.3 Å². The third kappa shape index (κ3) is 4.29. The lowest BCUT2D eigenvalue weighted by Crippen LogP contribution is -2.17. The van der Waals surface area contributed by atoms with Gasteiger partial charge >= 0.3 is 0 Å². The number of nitrogens with one attached hydrogen (secondary N) is 1. The Morgan fingerprint density at radius 1 is 1.00 bits per heavy atom. The summed E-state index contributed by atoms with van der Waals surface area (Å²) < 4.78 is 5.23. The van der Waals surface area contributed by atoms with Crippen LogP contribution in [0.25, 0.3) is 0 Å². The lowest BCUT2D eigenvalue weighted by atomic mass is 10.1. The van der Waals surface area contributed by atoms with E-state index in [1.165, 1.54) is 11.1 Å². The number of nitrogens with zero attached hydrogens (tertiary/aromatic N) is 2. The summed E-state index contributed by atoms with van der Waals surface area (Å²) in [5.41, 5.74) is 8.89. The van der Waals surface area contributed by atoms with E-state index in [0.717, 1.165) is 35.7 Å². The van der Waals surface area contributed by atoms with Crippen molar-refractivity contribution in [2.45, 2.75) is 20.0 Å². The van der Waals surface area contributed by atoms with Gasteiger partial charge in [0, 0.05) is 24.3 Å². The maximum Gasteiger partial charge on any atom is 0.271 e. The third-order valence-corrected chi connectivity index (χ3v) is 5.09. The lowest BCUT2D eigenvalue weighted by Gasteiger charge is -2.17. The summed E-state index contributed by atoms with van der Waals surface area (Å²) in [6.45, 7) is 3.64. The van der Waals surface area contributed by atoms with Crippen LogP contribution < -0.4 is 15.1 Å². The molecular formula is C24H23N3O2. The summed E-state index contributed by atoms with van der Waals surface area (Å²) in [5, 5.41) is 4.07. The zero-order valence-corrected chi connectivity index (χ0v) is 16.6. The van der Waals surface area contributed by atoms with Crippen LogP contribution in [0.1, 0.15) is 32.6 Å². The molecule has 0 aliphatic carbocycles. The lowest BCUT2D eigenvalue weighted by molar-refractivity contribution is 0.0955. The molecule has 0 atom stereocenters. The Kier molecular flexibility index (Phi) is 5.29. The van der Waals surface area contributed by atoms with Crippen molar-refractivity contribution in [2.75, 3.05) is 12.0 Å². The normalized spacial score (nSPS) is 12.8. The van der Waals surface area contributed by atoms with E-state index < -0.39 is 0 Å². The average molecular weight is 385 g/mol. The van der Waals surface area contributed by atoms with Crippen LogP contribution in [-0.4, -0.2) is 19.2 Å². The Morgan fingerprint density at radius 2 is 1.72 bits per heavy atom. The van der Waals surface area contributed by atoms with E-state index in [1.807, 2.05) is 61.5 Å². The summed E-state index contributed by atoms with van der Waals surface area (Å²) in [5.74, 6) is 0.634. The van der Waals surface area contributed by atoms with Gasteiger partial charge < -0.3 is 9.64 Å². The molecule has 5 heteroatoms. The van der Waals surface area contributed by atoms with E-state index >= 15 is 0 Å². The number of methoxy groups -OCH3 is 1. The molecule has 1 heterocycles. The second kappa shape index (κ2) is 8.19. The Labute approximate surface area is 170 Å². The number of carbonyl (C=O) groups is 1. The molecule has 0 radical (unpaired) electrons. The van der Waals surface area contributed by atoms with Crippen LogP contribution in [0, 0.1) is 6.92 Å². The molecule has 146 valence electrons. The number of hydrogen-bond donors (Lipinski definition) is 1. The third-order valence-electron chi connectivity index (χ3n) is 5.09. The van der Waals surface area contributed by atoms with Gasteiger partial charge in [-0.25, -0.2) is 5.43 Å². The van der Waals surface area contributed by atoms with Crippen molar-refractivity contribution in [3.63, 3.8) is 0 Å². The molecule has 1 aliphatic heterocycles. The molecule has 0 aromatic heterocycles. The number of ether oxygens (including phenoxy) is 1. The molecule has 0 unspecified atom stereocenters. The molecule has 1 N–H and O–H groups in total. The minimum Gasteiger partial charge on any atom is -0.497 e. The topological polar surface area (TPSA) is 53.9 Å². The molecule has 3 aromatic rings. The predicted octanol–water partition coefficient (Wildman–Crippen LogP) is 4.29. The highest BCUT2D eigenvalue weighted by atomic mass is 16.5. The fourth-order valence-electron chi connectivity index (χ4n) is 3.39. The molecule has 1 aliphatic rings. The standard InChI is InChI=1S/C24H23N3O2/c1-17-3-5-18(6-4-17)14-25-26-24(28)19-7-8-20-15-27(16-21(20)13-19)22-9-11-23(29-2)12-10-22/h3-14H,15-16H2,1-2H3,(H,26,28)/b25-14+. The highest BCUT2D eigenvalue weighted by Crippen LogP contribution is 2.30. The molecule has 0 saturated heterocycles. The van der Waals surface area contributed by atoms with Crippen LogP contribution in [0.15, 0.2) is 71.8 Å². The Hall–Kier alpha value is -3.60. The molecular weight excluding hydrogens is 362 g/mol. The number of hydrogen-bond acceptors (Lipinski definition) is 4. The molecule has 0 fully saturated rings. The van der Waals surface area contributed by atoms with Gasteiger partial charge in [0.25, 0.3) is 5.91 Å². The minimum atomic E-state index is -0.209. The van der Waals surface area contributed by atoms with Crippen LogP contribution >= 0.6 is 0 Å². The van der Waals surface area contributed by atoms with Crippen LogP contribution in [0.5, 0.6) is 5.75 Å². The molecule has 1 amide bonds. The van der Waals surface area contributed by atoms with Gasteiger partial charge in [0.2, 0.25) is 0 Å².